The average Bonchev–Trinajstić information content (AvgIpc) is 2.03. The van der Waals surface area contributed by atoms with Gasteiger partial charge >= 0.3 is 6.18 Å². The maximum Gasteiger partial charge on any atom is 0.416 e. The van der Waals surface area contributed by atoms with Crippen LogP contribution in [0.5, 0.6) is 0 Å². The molecule has 0 nitrogen and oxygen atoms in total. The fourth-order valence-electron chi connectivity index (χ4n) is 0.851. The van der Waals surface area contributed by atoms with Gasteiger partial charge in [0.15, 0.2) is 0 Å². The van der Waals surface area contributed by atoms with Crippen LogP contribution in [0.2, 0.25) is 0 Å². The lowest BCUT2D eigenvalue weighted by Gasteiger charge is -2.08. The first-order valence-corrected chi connectivity index (χ1v) is 5.05. The topological polar surface area (TPSA) is 0 Å². The normalized spacial score (nSPS) is 14.2. The minimum Gasteiger partial charge on any atom is -0.166 e. The van der Waals surface area contributed by atoms with Crippen molar-refractivity contribution in [3.8, 4) is 0 Å². The molecule has 1 rings (SSSR count). The number of hydrogen-bond donors (Lipinski definition) is 0. The summed E-state index contributed by atoms with van der Waals surface area (Å²) in [6.07, 6.45) is -4.29. The standard InChI is InChI=1S/C8H5ClF3I/c9-7(13)5-2-1-3-6(4-5)8(10,11)12/h1-4,7H. The molecular weight excluding hydrogens is 315 g/mol. The highest BCUT2D eigenvalue weighted by Gasteiger charge is 2.30. The predicted molar refractivity (Wildman–Crippen MR) is 54.1 cm³/mol. The van der Waals surface area contributed by atoms with Gasteiger partial charge in [0.05, 0.1) is 5.56 Å². The van der Waals surface area contributed by atoms with Crippen LogP contribution in [0.25, 0.3) is 0 Å². The van der Waals surface area contributed by atoms with E-state index in [0.29, 0.717) is 5.56 Å². The largest absolute Gasteiger partial charge is 0.416 e. The van der Waals surface area contributed by atoms with E-state index in [1.807, 2.05) is 22.6 Å². The molecule has 0 heterocycles. The molecule has 1 unspecified atom stereocenters. The van der Waals surface area contributed by atoms with E-state index in [-0.39, 0.29) is 0 Å². The summed E-state index contributed by atoms with van der Waals surface area (Å²) in [7, 11) is 0. The number of alkyl halides is 5. The molecule has 0 bridgehead atoms. The average molecular weight is 320 g/mol. The van der Waals surface area contributed by atoms with E-state index >= 15 is 0 Å². The maximum absolute atomic E-state index is 12.2. The van der Waals surface area contributed by atoms with Crippen LogP contribution in [0.1, 0.15) is 14.5 Å². The second-order valence-electron chi connectivity index (χ2n) is 2.42. The Morgan fingerprint density at radius 1 is 1.31 bits per heavy atom. The van der Waals surface area contributed by atoms with Gasteiger partial charge in [0.2, 0.25) is 0 Å². The van der Waals surface area contributed by atoms with E-state index in [2.05, 4.69) is 0 Å². The third-order valence-corrected chi connectivity index (χ3v) is 2.44. The molecule has 1 aromatic carbocycles. The van der Waals surface area contributed by atoms with Crippen molar-refractivity contribution in [2.45, 2.75) is 9.56 Å². The molecule has 0 aliphatic heterocycles. The smallest absolute Gasteiger partial charge is 0.166 e. The van der Waals surface area contributed by atoms with Gasteiger partial charge in [-0.2, -0.15) is 13.2 Å². The molecule has 0 spiro atoms. The van der Waals surface area contributed by atoms with Crippen molar-refractivity contribution in [1.82, 2.24) is 0 Å². The second-order valence-corrected chi connectivity index (χ2v) is 4.84. The molecule has 0 N–H and O–H groups in total. The van der Waals surface area contributed by atoms with Crippen molar-refractivity contribution < 1.29 is 13.2 Å². The zero-order valence-corrected chi connectivity index (χ0v) is 9.19. The number of rotatable bonds is 1. The third kappa shape index (κ3) is 3.02. The van der Waals surface area contributed by atoms with Crippen LogP contribution in [-0.4, -0.2) is 0 Å². The Morgan fingerprint density at radius 2 is 1.92 bits per heavy atom. The SMILES string of the molecule is FC(F)(F)c1cccc(C(Cl)I)c1. The molecule has 0 radical (unpaired) electrons. The molecular formula is C8H5ClF3I. The lowest BCUT2D eigenvalue weighted by Crippen LogP contribution is -2.04. The van der Waals surface area contributed by atoms with Crippen molar-refractivity contribution in [3.63, 3.8) is 0 Å². The van der Waals surface area contributed by atoms with Crippen LogP contribution in [0, 0.1) is 0 Å². The van der Waals surface area contributed by atoms with E-state index in [4.69, 9.17) is 11.6 Å². The van der Waals surface area contributed by atoms with Gasteiger partial charge in [-0.15, -0.1) is 11.6 Å². The van der Waals surface area contributed by atoms with E-state index in [0.717, 1.165) is 12.1 Å². The van der Waals surface area contributed by atoms with Gasteiger partial charge in [-0.25, -0.2) is 0 Å². The third-order valence-electron chi connectivity index (χ3n) is 1.47. The van der Waals surface area contributed by atoms with Gasteiger partial charge in [-0.1, -0.05) is 34.7 Å². The van der Waals surface area contributed by atoms with Crippen LogP contribution in [0.15, 0.2) is 24.3 Å². The van der Waals surface area contributed by atoms with E-state index in [9.17, 15) is 13.2 Å². The monoisotopic (exact) mass is 320 g/mol. The van der Waals surface area contributed by atoms with Crippen LogP contribution < -0.4 is 0 Å². The van der Waals surface area contributed by atoms with Crippen LogP contribution in [0.3, 0.4) is 0 Å². The van der Waals surface area contributed by atoms with E-state index in [1.54, 1.807) is 6.07 Å². The Balaban J connectivity index is 3.06. The molecule has 0 saturated heterocycles. The number of hydrogen-bond acceptors (Lipinski definition) is 0. The molecule has 0 fully saturated rings. The molecule has 0 aliphatic carbocycles. The first-order chi connectivity index (χ1) is 5.91. The van der Waals surface area contributed by atoms with Crippen LogP contribution in [0.4, 0.5) is 13.2 Å². The summed E-state index contributed by atoms with van der Waals surface area (Å²) in [6.45, 7) is 0. The zero-order chi connectivity index (χ0) is 10.1. The summed E-state index contributed by atoms with van der Waals surface area (Å²) in [5.41, 5.74) is -0.190. The Morgan fingerprint density at radius 3 is 2.38 bits per heavy atom. The van der Waals surface area contributed by atoms with Gasteiger partial charge in [0.25, 0.3) is 0 Å². The first kappa shape index (κ1) is 11.1. The van der Waals surface area contributed by atoms with Crippen molar-refractivity contribution in [2.24, 2.45) is 0 Å². The molecule has 13 heavy (non-hydrogen) atoms. The lowest BCUT2D eigenvalue weighted by molar-refractivity contribution is -0.137. The summed E-state index contributed by atoms with van der Waals surface area (Å²) in [6, 6.07) is 5.01. The maximum atomic E-state index is 12.2. The van der Waals surface area contributed by atoms with Gasteiger partial charge in [-0.3, -0.25) is 0 Å². The van der Waals surface area contributed by atoms with Gasteiger partial charge < -0.3 is 0 Å². The van der Waals surface area contributed by atoms with Crippen molar-refractivity contribution in [1.29, 1.82) is 0 Å². The Kier molecular flexibility index (Phi) is 3.45. The van der Waals surface area contributed by atoms with Crippen LogP contribution >= 0.6 is 34.2 Å². The molecule has 1 atom stereocenters. The predicted octanol–water partition coefficient (Wildman–Crippen LogP) is 4.38. The lowest BCUT2D eigenvalue weighted by atomic mass is 10.1. The summed E-state index contributed by atoms with van der Waals surface area (Å²) >= 11 is 7.50. The number of benzene rings is 1. The Bertz CT molecular complexity index is 296. The number of halogens is 5. The minimum absolute atomic E-state index is 0.431. The van der Waals surface area contributed by atoms with E-state index in [1.165, 1.54) is 6.07 Å². The fraction of sp³-hybridized carbons (Fsp3) is 0.250. The highest BCUT2D eigenvalue weighted by molar-refractivity contribution is 14.1. The highest BCUT2D eigenvalue weighted by atomic mass is 127. The minimum atomic E-state index is -4.29. The molecule has 0 aliphatic rings. The zero-order valence-electron chi connectivity index (χ0n) is 6.28. The molecule has 0 amide bonds. The highest BCUT2D eigenvalue weighted by Crippen LogP contribution is 2.33. The first-order valence-electron chi connectivity index (χ1n) is 3.36. The van der Waals surface area contributed by atoms with Crippen molar-refractivity contribution >= 4 is 34.2 Å². The molecule has 72 valence electrons. The second kappa shape index (κ2) is 4.04. The Labute approximate surface area is 92.2 Å². The molecule has 1 aromatic rings. The van der Waals surface area contributed by atoms with Crippen molar-refractivity contribution in [3.05, 3.63) is 35.4 Å². The summed E-state index contributed by atoms with van der Waals surface area (Å²) in [5, 5.41) is 0. The van der Waals surface area contributed by atoms with E-state index < -0.39 is 15.1 Å². The molecule has 0 aromatic heterocycles. The fourth-order valence-corrected chi connectivity index (χ4v) is 1.37. The van der Waals surface area contributed by atoms with Crippen molar-refractivity contribution in [2.75, 3.05) is 0 Å². The summed E-state index contributed by atoms with van der Waals surface area (Å²) in [5.74, 6) is 0. The van der Waals surface area contributed by atoms with Gasteiger partial charge in [0.1, 0.15) is 3.38 Å². The van der Waals surface area contributed by atoms with Gasteiger partial charge in [0, 0.05) is 0 Å². The molecule has 0 saturated carbocycles. The quantitative estimate of drug-likeness (QED) is 0.532. The Hall–Kier alpha value is 0.0300. The van der Waals surface area contributed by atoms with Crippen LogP contribution in [-0.2, 0) is 6.18 Å². The summed E-state index contributed by atoms with van der Waals surface area (Å²) < 4.78 is 36.1. The summed E-state index contributed by atoms with van der Waals surface area (Å²) in [4.78, 5) is 0. The van der Waals surface area contributed by atoms with Gasteiger partial charge in [-0.05, 0) is 17.7 Å². The molecule has 5 heteroatoms.